The molecule has 7 heteroatoms. The highest BCUT2D eigenvalue weighted by Crippen LogP contribution is 2.44. The normalized spacial score (nSPS) is 35.7. The molecule has 3 heterocycles. The molecule has 3 aliphatic heterocycles. The number of carbonyl (C=O) groups excluding carboxylic acids is 2. The molecule has 23 heavy (non-hydrogen) atoms. The fraction of sp³-hybridized carbons (Fsp3) is 0.875. The van der Waals surface area contributed by atoms with Gasteiger partial charge in [-0.2, -0.15) is 0 Å². The van der Waals surface area contributed by atoms with Crippen molar-refractivity contribution >= 4 is 11.8 Å². The number of nitrogens with zero attached hydrogens (tertiary/aromatic N) is 2. The third-order valence-corrected chi connectivity index (χ3v) is 5.68. The van der Waals surface area contributed by atoms with Crippen molar-refractivity contribution in [3.63, 3.8) is 0 Å². The molecule has 0 aromatic heterocycles. The minimum atomic E-state index is -2.66. The molecule has 3 atom stereocenters. The molecule has 0 bridgehead atoms. The number of ether oxygens (including phenoxy) is 1. The van der Waals surface area contributed by atoms with Crippen LogP contribution in [0.5, 0.6) is 0 Å². The van der Waals surface area contributed by atoms with Crippen LogP contribution in [0.2, 0.25) is 0 Å². The molecular weight excluding hydrogens is 306 g/mol. The van der Waals surface area contributed by atoms with E-state index in [1.54, 1.807) is 4.90 Å². The van der Waals surface area contributed by atoms with E-state index in [1.807, 2.05) is 4.90 Å². The number of likely N-dealkylation sites (tertiary alicyclic amines) is 2. The van der Waals surface area contributed by atoms with Crippen LogP contribution < -0.4 is 0 Å². The summed E-state index contributed by atoms with van der Waals surface area (Å²) >= 11 is 0. The van der Waals surface area contributed by atoms with E-state index >= 15 is 0 Å². The summed E-state index contributed by atoms with van der Waals surface area (Å²) in [5, 5.41) is 0. The van der Waals surface area contributed by atoms with Crippen molar-refractivity contribution in [2.75, 3.05) is 26.2 Å². The molecule has 0 unspecified atom stereocenters. The Morgan fingerprint density at radius 3 is 2.43 bits per heavy atom. The van der Waals surface area contributed by atoms with Crippen molar-refractivity contribution < 1.29 is 23.1 Å². The molecule has 0 spiro atoms. The summed E-state index contributed by atoms with van der Waals surface area (Å²) in [5.74, 6) is -2.93. The average Bonchev–Trinajstić information content (AvgIpc) is 2.90. The van der Waals surface area contributed by atoms with Gasteiger partial charge in [-0.25, -0.2) is 8.78 Å². The van der Waals surface area contributed by atoms with E-state index in [0.717, 1.165) is 25.9 Å². The third-order valence-electron chi connectivity index (χ3n) is 5.68. The summed E-state index contributed by atoms with van der Waals surface area (Å²) in [6.45, 7) is 2.78. The molecule has 0 aromatic carbocycles. The summed E-state index contributed by atoms with van der Waals surface area (Å²) in [6.07, 6.45) is 1.58. The smallest absolute Gasteiger partial charge is 0.249 e. The zero-order valence-electron chi connectivity index (χ0n) is 13.0. The lowest BCUT2D eigenvalue weighted by atomic mass is 9.80. The molecule has 128 valence electrons. The van der Waals surface area contributed by atoms with Gasteiger partial charge in [-0.15, -0.1) is 0 Å². The van der Waals surface area contributed by atoms with Crippen LogP contribution in [0, 0.1) is 11.8 Å². The maximum Gasteiger partial charge on any atom is 0.249 e. The summed E-state index contributed by atoms with van der Waals surface area (Å²) < 4.78 is 31.8. The van der Waals surface area contributed by atoms with Gasteiger partial charge in [-0.05, 0) is 12.8 Å². The van der Waals surface area contributed by atoms with Gasteiger partial charge in [0.15, 0.2) is 0 Å². The van der Waals surface area contributed by atoms with E-state index in [4.69, 9.17) is 4.74 Å². The summed E-state index contributed by atoms with van der Waals surface area (Å²) in [6, 6.07) is 0. The molecule has 1 aliphatic carbocycles. The number of alkyl halides is 2. The Labute approximate surface area is 133 Å². The fourth-order valence-corrected chi connectivity index (χ4v) is 4.16. The second-order valence-electron chi connectivity index (χ2n) is 7.44. The molecule has 1 saturated carbocycles. The Bertz CT molecular complexity index is 501. The number of fused-ring (bicyclic) bond motifs is 1. The van der Waals surface area contributed by atoms with Crippen LogP contribution in [-0.2, 0) is 14.3 Å². The van der Waals surface area contributed by atoms with Crippen LogP contribution in [0.15, 0.2) is 0 Å². The van der Waals surface area contributed by atoms with E-state index in [0.29, 0.717) is 19.5 Å². The van der Waals surface area contributed by atoms with Gasteiger partial charge in [-0.3, -0.25) is 9.59 Å². The predicted octanol–water partition coefficient (Wildman–Crippen LogP) is 1.27. The molecule has 4 rings (SSSR count). The fourth-order valence-electron chi connectivity index (χ4n) is 4.16. The van der Waals surface area contributed by atoms with Crippen molar-refractivity contribution in [2.24, 2.45) is 11.8 Å². The Morgan fingerprint density at radius 1 is 1.13 bits per heavy atom. The van der Waals surface area contributed by atoms with Gasteiger partial charge in [0.05, 0.1) is 18.6 Å². The highest BCUT2D eigenvalue weighted by Gasteiger charge is 2.52. The van der Waals surface area contributed by atoms with Crippen molar-refractivity contribution in [1.29, 1.82) is 0 Å². The van der Waals surface area contributed by atoms with Crippen LogP contribution >= 0.6 is 0 Å². The van der Waals surface area contributed by atoms with Gasteiger partial charge < -0.3 is 14.5 Å². The lowest BCUT2D eigenvalue weighted by Gasteiger charge is -2.36. The number of carbonyl (C=O) groups is 2. The van der Waals surface area contributed by atoms with Crippen LogP contribution in [0.25, 0.3) is 0 Å². The maximum absolute atomic E-state index is 12.9. The number of rotatable bonds is 3. The number of hydrogen-bond acceptors (Lipinski definition) is 3. The van der Waals surface area contributed by atoms with E-state index in [-0.39, 0.29) is 42.8 Å². The Hall–Kier alpha value is -1.24. The topological polar surface area (TPSA) is 49.9 Å². The molecule has 5 nitrogen and oxygen atoms in total. The van der Waals surface area contributed by atoms with E-state index in [9.17, 15) is 18.4 Å². The van der Waals surface area contributed by atoms with Gasteiger partial charge in [0.2, 0.25) is 17.7 Å². The number of amides is 2. The van der Waals surface area contributed by atoms with Gasteiger partial charge in [0.25, 0.3) is 0 Å². The molecule has 0 radical (unpaired) electrons. The van der Waals surface area contributed by atoms with Gasteiger partial charge in [0, 0.05) is 50.9 Å². The van der Waals surface area contributed by atoms with E-state index < -0.39 is 11.8 Å². The average molecular weight is 328 g/mol. The molecule has 3 saturated heterocycles. The second-order valence-corrected chi connectivity index (χ2v) is 7.44. The molecular formula is C16H22F2N2O3. The van der Waals surface area contributed by atoms with E-state index in [1.165, 1.54) is 0 Å². The van der Waals surface area contributed by atoms with Crippen LogP contribution in [-0.4, -0.2) is 65.9 Å². The lowest BCUT2D eigenvalue weighted by molar-refractivity contribution is -0.159. The lowest BCUT2D eigenvalue weighted by Crippen LogP contribution is -2.46. The van der Waals surface area contributed by atoms with E-state index in [2.05, 4.69) is 0 Å². The van der Waals surface area contributed by atoms with Gasteiger partial charge >= 0.3 is 0 Å². The van der Waals surface area contributed by atoms with Gasteiger partial charge in [0.1, 0.15) is 0 Å². The summed E-state index contributed by atoms with van der Waals surface area (Å²) in [5.41, 5.74) is 0. The molecule has 4 aliphatic rings. The van der Waals surface area contributed by atoms with Crippen LogP contribution in [0.1, 0.15) is 32.1 Å². The Balaban J connectivity index is 1.25. The minimum Gasteiger partial charge on any atom is -0.372 e. The SMILES string of the molecule is O=C(C[C@@H]1C[C@H]2CN(C(=O)C3CC(F)(F)C3)C[C@H]2O1)N1CCC1. The minimum absolute atomic E-state index is 0.0336. The first-order chi connectivity index (χ1) is 10.9. The molecule has 0 aromatic rings. The highest BCUT2D eigenvalue weighted by atomic mass is 19.3. The van der Waals surface area contributed by atoms with Crippen molar-refractivity contribution in [2.45, 2.75) is 50.2 Å². The number of hydrogen-bond donors (Lipinski definition) is 0. The standard InChI is InChI=1S/C16H22F2N2O3/c17-16(18)6-11(7-16)15(22)20-8-10-4-12(23-13(10)9-20)5-14(21)19-2-1-3-19/h10-13H,1-9H2/t10-,12-,13+/m0/s1. The zero-order chi connectivity index (χ0) is 16.2. The van der Waals surface area contributed by atoms with Crippen LogP contribution in [0.4, 0.5) is 8.78 Å². The molecule has 4 fully saturated rings. The summed E-state index contributed by atoms with van der Waals surface area (Å²) in [4.78, 5) is 27.7. The molecule has 2 amide bonds. The second kappa shape index (κ2) is 5.40. The first-order valence-electron chi connectivity index (χ1n) is 8.51. The van der Waals surface area contributed by atoms with Crippen molar-refractivity contribution in [3.8, 4) is 0 Å². The first-order valence-corrected chi connectivity index (χ1v) is 8.51. The quantitative estimate of drug-likeness (QED) is 0.784. The predicted molar refractivity (Wildman–Crippen MR) is 76.8 cm³/mol. The largest absolute Gasteiger partial charge is 0.372 e. The Kier molecular flexibility index (Phi) is 3.59. The van der Waals surface area contributed by atoms with Crippen molar-refractivity contribution in [3.05, 3.63) is 0 Å². The highest BCUT2D eigenvalue weighted by molar-refractivity contribution is 5.80. The summed E-state index contributed by atoms with van der Waals surface area (Å²) in [7, 11) is 0. The number of halogens is 2. The van der Waals surface area contributed by atoms with Crippen molar-refractivity contribution in [1.82, 2.24) is 9.80 Å². The zero-order valence-corrected chi connectivity index (χ0v) is 13.0. The maximum atomic E-state index is 12.9. The third kappa shape index (κ3) is 2.84. The Morgan fingerprint density at radius 2 is 1.87 bits per heavy atom. The van der Waals surface area contributed by atoms with Crippen LogP contribution in [0.3, 0.4) is 0 Å². The monoisotopic (exact) mass is 328 g/mol. The van der Waals surface area contributed by atoms with Gasteiger partial charge in [-0.1, -0.05) is 0 Å². The first kappa shape index (κ1) is 15.3. The molecule has 0 N–H and O–H groups in total.